The van der Waals surface area contributed by atoms with Crippen LogP contribution in [-0.2, 0) is 12.0 Å². The van der Waals surface area contributed by atoms with Gasteiger partial charge >= 0.3 is 0 Å². The summed E-state index contributed by atoms with van der Waals surface area (Å²) in [6.45, 7) is 13.1. The molecule has 0 fully saturated rings. The molecule has 0 atom stereocenters. The van der Waals surface area contributed by atoms with E-state index >= 15 is 0 Å². The standard InChI is InChI=1S/C18H23FN2OS/c1-7-21-12(3)15(18(4,5)6)23-17(21)20-16(22)14-10-13(19)9-8-11(14)2/h8-10H,7H2,1-6H3/b20-17-. The zero-order valence-corrected chi connectivity index (χ0v) is 15.3. The summed E-state index contributed by atoms with van der Waals surface area (Å²) in [6, 6.07) is 4.21. The van der Waals surface area contributed by atoms with E-state index in [1.165, 1.54) is 28.3 Å². The van der Waals surface area contributed by atoms with Gasteiger partial charge in [-0.15, -0.1) is 11.3 Å². The van der Waals surface area contributed by atoms with Crippen molar-refractivity contribution < 1.29 is 9.18 Å². The van der Waals surface area contributed by atoms with Crippen LogP contribution in [0.2, 0.25) is 0 Å². The number of nitrogens with zero attached hydrogens (tertiary/aromatic N) is 2. The molecule has 23 heavy (non-hydrogen) atoms. The highest BCUT2D eigenvalue weighted by Crippen LogP contribution is 2.28. The number of carbonyl (C=O) groups is 1. The Morgan fingerprint density at radius 1 is 1.30 bits per heavy atom. The number of rotatable bonds is 2. The molecule has 5 heteroatoms. The maximum Gasteiger partial charge on any atom is 0.280 e. The van der Waals surface area contributed by atoms with Gasteiger partial charge in [-0.1, -0.05) is 26.8 Å². The zero-order valence-electron chi connectivity index (χ0n) is 14.5. The van der Waals surface area contributed by atoms with Crippen molar-refractivity contribution in [2.45, 2.75) is 53.5 Å². The molecule has 1 aromatic heterocycles. The summed E-state index contributed by atoms with van der Waals surface area (Å²) >= 11 is 1.53. The van der Waals surface area contributed by atoms with E-state index < -0.39 is 11.7 Å². The fourth-order valence-corrected chi connectivity index (χ4v) is 3.86. The highest BCUT2D eigenvalue weighted by atomic mass is 32.1. The predicted octanol–water partition coefficient (Wildman–Crippen LogP) is 4.36. The Bertz CT molecular complexity index is 809. The normalized spacial score (nSPS) is 12.7. The van der Waals surface area contributed by atoms with Crippen LogP contribution in [0.1, 0.15) is 54.2 Å². The van der Waals surface area contributed by atoms with Gasteiger partial charge in [-0.2, -0.15) is 4.99 Å². The maximum atomic E-state index is 13.4. The van der Waals surface area contributed by atoms with Crippen LogP contribution in [0.15, 0.2) is 23.2 Å². The lowest BCUT2D eigenvalue weighted by molar-refractivity contribution is 0.0996. The summed E-state index contributed by atoms with van der Waals surface area (Å²) in [4.78, 5) is 18.6. The van der Waals surface area contributed by atoms with E-state index in [1.54, 1.807) is 13.0 Å². The van der Waals surface area contributed by atoms with Crippen molar-refractivity contribution in [3.05, 3.63) is 50.5 Å². The van der Waals surface area contributed by atoms with Crippen LogP contribution in [0.5, 0.6) is 0 Å². The Morgan fingerprint density at radius 2 is 1.96 bits per heavy atom. The van der Waals surface area contributed by atoms with Gasteiger partial charge in [-0.3, -0.25) is 4.79 Å². The van der Waals surface area contributed by atoms with E-state index in [1.807, 2.05) is 11.5 Å². The highest BCUT2D eigenvalue weighted by molar-refractivity contribution is 7.09. The second kappa shape index (κ2) is 6.40. The second-order valence-corrected chi connectivity index (χ2v) is 7.65. The Kier molecular flexibility index (Phi) is 4.90. The van der Waals surface area contributed by atoms with Crippen molar-refractivity contribution in [1.29, 1.82) is 0 Å². The van der Waals surface area contributed by atoms with Crippen molar-refractivity contribution in [1.82, 2.24) is 4.57 Å². The molecule has 2 aromatic rings. The third-order valence-corrected chi connectivity index (χ3v) is 5.39. The van der Waals surface area contributed by atoms with Gasteiger partial charge in [0.15, 0.2) is 4.80 Å². The van der Waals surface area contributed by atoms with Crippen molar-refractivity contribution >= 4 is 17.2 Å². The number of carbonyl (C=O) groups excluding carboxylic acids is 1. The molecular formula is C18H23FN2OS. The van der Waals surface area contributed by atoms with E-state index in [4.69, 9.17) is 0 Å². The van der Waals surface area contributed by atoms with Crippen molar-refractivity contribution in [3.8, 4) is 0 Å². The Morgan fingerprint density at radius 3 is 2.52 bits per heavy atom. The molecule has 0 saturated carbocycles. The second-order valence-electron chi connectivity index (χ2n) is 6.67. The number of hydrogen-bond donors (Lipinski definition) is 0. The lowest BCUT2D eigenvalue weighted by Gasteiger charge is -2.17. The van der Waals surface area contributed by atoms with Crippen LogP contribution in [0.4, 0.5) is 4.39 Å². The monoisotopic (exact) mass is 334 g/mol. The molecule has 0 aliphatic carbocycles. The first-order chi connectivity index (χ1) is 10.6. The average molecular weight is 334 g/mol. The molecule has 0 radical (unpaired) electrons. The van der Waals surface area contributed by atoms with Crippen LogP contribution in [-0.4, -0.2) is 10.5 Å². The van der Waals surface area contributed by atoms with Gasteiger partial charge in [-0.25, -0.2) is 4.39 Å². The highest BCUT2D eigenvalue weighted by Gasteiger charge is 2.22. The van der Waals surface area contributed by atoms with E-state index in [0.29, 0.717) is 10.4 Å². The first-order valence-electron chi connectivity index (χ1n) is 7.71. The fourth-order valence-electron chi connectivity index (χ4n) is 2.61. The van der Waals surface area contributed by atoms with Crippen LogP contribution in [0.25, 0.3) is 0 Å². The minimum atomic E-state index is -0.421. The molecule has 0 bridgehead atoms. The van der Waals surface area contributed by atoms with Gasteiger partial charge in [0.2, 0.25) is 0 Å². The van der Waals surface area contributed by atoms with E-state index in [2.05, 4.69) is 32.7 Å². The first kappa shape index (κ1) is 17.6. The molecule has 0 aliphatic heterocycles. The van der Waals surface area contributed by atoms with Gasteiger partial charge in [0.25, 0.3) is 5.91 Å². The summed E-state index contributed by atoms with van der Waals surface area (Å²) in [6.07, 6.45) is 0. The number of thiazole rings is 1. The molecule has 0 aliphatic rings. The Labute approximate surface area is 140 Å². The number of halogens is 1. The van der Waals surface area contributed by atoms with Gasteiger partial charge in [0.05, 0.1) is 0 Å². The largest absolute Gasteiger partial charge is 0.321 e. The van der Waals surface area contributed by atoms with Crippen LogP contribution < -0.4 is 4.80 Å². The minimum absolute atomic E-state index is 0.00272. The molecule has 0 N–H and O–H groups in total. The molecule has 124 valence electrons. The molecule has 1 aromatic carbocycles. The quantitative estimate of drug-likeness (QED) is 0.803. The number of hydrogen-bond acceptors (Lipinski definition) is 2. The number of amides is 1. The molecule has 1 amide bonds. The minimum Gasteiger partial charge on any atom is -0.321 e. The summed E-state index contributed by atoms with van der Waals surface area (Å²) < 4.78 is 15.5. The number of benzene rings is 1. The van der Waals surface area contributed by atoms with Crippen molar-refractivity contribution in [2.24, 2.45) is 4.99 Å². The van der Waals surface area contributed by atoms with Gasteiger partial charge in [-0.05, 0) is 43.9 Å². The van der Waals surface area contributed by atoms with Gasteiger partial charge < -0.3 is 4.57 Å². The van der Waals surface area contributed by atoms with Crippen molar-refractivity contribution in [3.63, 3.8) is 0 Å². The smallest absolute Gasteiger partial charge is 0.280 e. The van der Waals surface area contributed by atoms with Crippen LogP contribution >= 0.6 is 11.3 Å². The summed E-state index contributed by atoms with van der Waals surface area (Å²) in [7, 11) is 0. The number of aromatic nitrogens is 1. The molecule has 0 saturated heterocycles. The first-order valence-corrected chi connectivity index (χ1v) is 8.52. The van der Waals surface area contributed by atoms with Gasteiger partial charge in [0.1, 0.15) is 5.82 Å². The maximum absolute atomic E-state index is 13.4. The molecule has 1 heterocycles. The van der Waals surface area contributed by atoms with E-state index in [-0.39, 0.29) is 5.41 Å². The van der Waals surface area contributed by atoms with Crippen molar-refractivity contribution in [2.75, 3.05) is 0 Å². The summed E-state index contributed by atoms with van der Waals surface area (Å²) in [5.41, 5.74) is 2.17. The summed E-state index contributed by atoms with van der Waals surface area (Å²) in [5.74, 6) is -0.818. The van der Waals surface area contributed by atoms with Gasteiger partial charge in [0, 0.05) is 22.7 Å². The lowest BCUT2D eigenvalue weighted by Crippen LogP contribution is -2.18. The molecule has 2 rings (SSSR count). The SMILES string of the molecule is CCn1c(C)c(C(C)(C)C)s/c1=N\C(=O)c1cc(F)ccc1C. The summed E-state index contributed by atoms with van der Waals surface area (Å²) in [5, 5.41) is 0. The third-order valence-electron chi connectivity index (χ3n) is 3.78. The van der Waals surface area contributed by atoms with E-state index in [9.17, 15) is 9.18 Å². The molecular weight excluding hydrogens is 311 g/mol. The molecule has 0 unspecified atom stereocenters. The molecule has 0 spiro atoms. The van der Waals surface area contributed by atoms with Crippen LogP contribution in [0.3, 0.4) is 0 Å². The Balaban J connectivity index is 2.59. The lowest BCUT2D eigenvalue weighted by atomic mass is 9.93. The fraction of sp³-hybridized carbons (Fsp3) is 0.444. The third kappa shape index (κ3) is 3.61. The number of aryl methyl sites for hydroxylation is 1. The van der Waals surface area contributed by atoms with E-state index in [0.717, 1.165) is 17.8 Å². The predicted molar refractivity (Wildman–Crippen MR) is 92.5 cm³/mol. The average Bonchev–Trinajstić information content (AvgIpc) is 2.77. The Hall–Kier alpha value is -1.75. The van der Waals surface area contributed by atoms with Crippen LogP contribution in [0, 0.1) is 19.7 Å². The molecule has 3 nitrogen and oxygen atoms in total. The zero-order chi connectivity index (χ0) is 17.4. The topological polar surface area (TPSA) is 34.4 Å².